The van der Waals surface area contributed by atoms with Gasteiger partial charge in [0.1, 0.15) is 24.4 Å². The van der Waals surface area contributed by atoms with Crippen molar-refractivity contribution in [1.82, 2.24) is 5.32 Å². The lowest BCUT2D eigenvalue weighted by Crippen LogP contribution is -2.61. The molecule has 8 unspecified atom stereocenters. The number of allylic oxidation sites excluding steroid dienone is 9. The van der Waals surface area contributed by atoms with Crippen molar-refractivity contribution in [2.45, 2.75) is 320 Å². The predicted molar refractivity (Wildman–Crippen MR) is 310 cm³/mol. The van der Waals surface area contributed by atoms with Crippen LogP contribution in [0, 0.1) is 0 Å². The Hall–Kier alpha value is -2.64. The summed E-state index contributed by atoms with van der Waals surface area (Å²) in [6.45, 7) is 5.66. The molecule has 8 atom stereocenters. The second-order valence-corrected chi connectivity index (χ2v) is 21.4. The molecule has 1 fully saturated rings. The maximum absolute atomic E-state index is 13.4. The van der Waals surface area contributed by atoms with Crippen molar-refractivity contribution in [2.75, 3.05) is 13.2 Å². The van der Waals surface area contributed by atoms with Crippen LogP contribution in [0.5, 0.6) is 0 Å². The number of hydrogen-bond acceptors (Lipinski definition) is 10. The van der Waals surface area contributed by atoms with Gasteiger partial charge < -0.3 is 45.1 Å². The fourth-order valence-corrected chi connectivity index (χ4v) is 9.48. The van der Waals surface area contributed by atoms with Gasteiger partial charge in [-0.05, 0) is 83.5 Å². The van der Waals surface area contributed by atoms with Gasteiger partial charge in [0.05, 0.1) is 25.4 Å². The maximum atomic E-state index is 13.4. The van der Waals surface area contributed by atoms with Crippen LogP contribution in [0.3, 0.4) is 0 Å². The number of aliphatic hydroxyl groups is 5. The van der Waals surface area contributed by atoms with Gasteiger partial charge in [0.25, 0.3) is 0 Å². The third-order valence-corrected chi connectivity index (χ3v) is 14.4. The van der Waals surface area contributed by atoms with Crippen LogP contribution in [0.1, 0.15) is 271 Å². The van der Waals surface area contributed by atoms with Gasteiger partial charge in [-0.25, -0.2) is 0 Å². The van der Waals surface area contributed by atoms with Crippen LogP contribution in [0.25, 0.3) is 0 Å². The molecule has 11 heteroatoms. The molecule has 0 radical (unpaired) electrons. The summed E-state index contributed by atoms with van der Waals surface area (Å²) < 4.78 is 17.6. The number of amides is 1. The van der Waals surface area contributed by atoms with Gasteiger partial charge in [0.2, 0.25) is 5.91 Å². The Labute approximate surface area is 458 Å². The highest BCUT2D eigenvalue weighted by Crippen LogP contribution is 2.26. The number of hydrogen-bond donors (Lipinski definition) is 6. The normalized spacial score (nSPS) is 19.6. The van der Waals surface area contributed by atoms with Gasteiger partial charge in [-0.3, -0.25) is 9.59 Å². The molecule has 0 saturated carbocycles. The van der Waals surface area contributed by atoms with Gasteiger partial charge in [-0.15, -0.1) is 0 Å². The number of unbranched alkanes of at least 4 members (excludes halogenated alkanes) is 30. The molecule has 1 amide bonds. The molecule has 436 valence electrons. The summed E-state index contributed by atoms with van der Waals surface area (Å²) in [6.07, 6.45) is 54.0. The van der Waals surface area contributed by atoms with E-state index in [2.05, 4.69) is 74.7 Å². The first-order chi connectivity index (χ1) is 36.7. The van der Waals surface area contributed by atoms with E-state index in [1.807, 2.05) is 6.08 Å². The molecule has 0 spiro atoms. The summed E-state index contributed by atoms with van der Waals surface area (Å²) in [4.78, 5) is 26.5. The summed E-state index contributed by atoms with van der Waals surface area (Å²) >= 11 is 0. The highest BCUT2D eigenvalue weighted by molar-refractivity contribution is 5.80. The Bertz CT molecular complexity index is 1450. The zero-order valence-corrected chi connectivity index (χ0v) is 48.2. The fraction of sp³-hybridized carbons (Fsp3) is 0.812. The molecule has 11 nitrogen and oxygen atoms in total. The van der Waals surface area contributed by atoms with Crippen LogP contribution in [0.15, 0.2) is 60.8 Å². The third-order valence-electron chi connectivity index (χ3n) is 14.4. The number of carbonyl (C=O) groups is 2. The Balaban J connectivity index is 2.67. The van der Waals surface area contributed by atoms with Gasteiger partial charge in [-0.1, -0.05) is 242 Å². The number of esters is 1. The first-order valence-electron chi connectivity index (χ1n) is 31.1. The molecule has 1 rings (SSSR count). The third kappa shape index (κ3) is 40.2. The number of rotatable bonds is 52. The highest BCUT2D eigenvalue weighted by atomic mass is 16.7. The molecule has 1 aliphatic heterocycles. The smallest absolute Gasteiger partial charge is 0.306 e. The Morgan fingerprint density at radius 2 is 0.960 bits per heavy atom. The molecule has 0 aromatic carbocycles. The minimum Gasteiger partial charge on any atom is -0.454 e. The van der Waals surface area contributed by atoms with Crippen LogP contribution in [0.2, 0.25) is 0 Å². The number of nitrogens with one attached hydrogen (secondary N) is 1. The van der Waals surface area contributed by atoms with Crippen molar-refractivity contribution in [3.8, 4) is 0 Å². The Kier molecular flexibility index (Phi) is 48.9. The lowest BCUT2D eigenvalue weighted by atomic mass is 9.99. The van der Waals surface area contributed by atoms with Crippen molar-refractivity contribution >= 4 is 11.9 Å². The lowest BCUT2D eigenvalue weighted by Gasteiger charge is -2.41. The predicted octanol–water partition coefficient (Wildman–Crippen LogP) is 14.6. The van der Waals surface area contributed by atoms with Crippen molar-refractivity contribution in [1.29, 1.82) is 0 Å². The van der Waals surface area contributed by atoms with E-state index in [1.54, 1.807) is 6.08 Å². The van der Waals surface area contributed by atoms with E-state index in [9.17, 15) is 35.1 Å². The topological polar surface area (TPSA) is 175 Å². The molecule has 6 N–H and O–H groups in total. The SMILES string of the molecule is CC/C=C/C/C=C/CCCCCCCCCC(=O)OC1C(OCC(NC(=O)C(O)CCCCCCCCCCCC/C=C\C/C=C\CCCCC)C(O)/C=C/CCCCCCCCCCCC)OC(CO)C(O)C1O. The molecule has 1 aliphatic rings. The molecule has 1 heterocycles. The largest absolute Gasteiger partial charge is 0.454 e. The number of ether oxygens (including phenoxy) is 3. The van der Waals surface area contributed by atoms with Crippen LogP contribution in [0.4, 0.5) is 0 Å². The van der Waals surface area contributed by atoms with Crippen LogP contribution >= 0.6 is 0 Å². The van der Waals surface area contributed by atoms with Gasteiger partial charge in [-0.2, -0.15) is 0 Å². The van der Waals surface area contributed by atoms with Crippen molar-refractivity contribution < 1.29 is 49.3 Å². The van der Waals surface area contributed by atoms with Crippen molar-refractivity contribution in [3.63, 3.8) is 0 Å². The van der Waals surface area contributed by atoms with Gasteiger partial charge in [0.15, 0.2) is 12.4 Å². The minimum absolute atomic E-state index is 0.113. The summed E-state index contributed by atoms with van der Waals surface area (Å²) in [6, 6.07) is -1.03. The molecule has 0 aliphatic carbocycles. The zero-order chi connectivity index (χ0) is 54.7. The standard InChI is InChI=1S/C64H115NO10/c1-4-7-10-13-16-19-22-25-27-28-29-30-31-32-33-36-39-42-45-48-51-57(68)63(72)65-55(56(67)50-47-44-41-38-35-24-21-18-15-12-9-6-3)54-73-64-62(61(71)60(70)58(53-66)74-64)75-59(69)52-49-46-43-40-37-34-26-23-20-17-14-11-8-5-2/h8,11,16-17,19-20,25,27,47,50,55-58,60-62,64,66-68,70-71H,4-7,9-10,12-15,18,21-24,26,28-46,48-49,51-54H2,1-3H3,(H,65,72)/b11-8+,19-16-,20-17+,27-25-,50-47+. The van der Waals surface area contributed by atoms with E-state index in [1.165, 1.54) is 128 Å². The van der Waals surface area contributed by atoms with E-state index in [-0.39, 0.29) is 19.4 Å². The van der Waals surface area contributed by atoms with Crippen molar-refractivity contribution in [2.24, 2.45) is 0 Å². The Morgan fingerprint density at radius 3 is 1.45 bits per heavy atom. The first kappa shape index (κ1) is 70.4. The maximum Gasteiger partial charge on any atom is 0.306 e. The molecular formula is C64H115NO10. The highest BCUT2D eigenvalue weighted by Gasteiger charge is 2.47. The summed E-state index contributed by atoms with van der Waals surface area (Å²) in [7, 11) is 0. The summed E-state index contributed by atoms with van der Waals surface area (Å²) in [5.74, 6) is -1.20. The molecule has 0 aromatic rings. The zero-order valence-electron chi connectivity index (χ0n) is 48.2. The quantitative estimate of drug-likeness (QED) is 0.0195. The van der Waals surface area contributed by atoms with E-state index in [0.717, 1.165) is 96.3 Å². The molecule has 75 heavy (non-hydrogen) atoms. The van der Waals surface area contributed by atoms with E-state index in [4.69, 9.17) is 14.2 Å². The van der Waals surface area contributed by atoms with Crippen LogP contribution in [-0.2, 0) is 23.8 Å². The fourth-order valence-electron chi connectivity index (χ4n) is 9.48. The molecule has 0 aromatic heterocycles. The molecular weight excluding hydrogens is 943 g/mol. The van der Waals surface area contributed by atoms with E-state index in [0.29, 0.717) is 12.8 Å². The van der Waals surface area contributed by atoms with Gasteiger partial charge in [0, 0.05) is 6.42 Å². The average molecular weight is 1060 g/mol. The van der Waals surface area contributed by atoms with E-state index >= 15 is 0 Å². The Morgan fingerprint density at radius 1 is 0.533 bits per heavy atom. The molecule has 1 saturated heterocycles. The lowest BCUT2D eigenvalue weighted by molar-refractivity contribution is -0.305. The summed E-state index contributed by atoms with van der Waals surface area (Å²) in [5, 5.41) is 57.0. The first-order valence-corrected chi connectivity index (χ1v) is 31.1. The monoisotopic (exact) mass is 1060 g/mol. The van der Waals surface area contributed by atoms with Crippen molar-refractivity contribution in [3.05, 3.63) is 60.8 Å². The number of carbonyl (C=O) groups excluding carboxylic acids is 2. The van der Waals surface area contributed by atoms with Crippen LogP contribution in [-0.4, -0.2) is 99.6 Å². The molecule has 0 bridgehead atoms. The second-order valence-electron chi connectivity index (χ2n) is 21.4. The average Bonchev–Trinajstić information content (AvgIpc) is 3.41. The number of aliphatic hydroxyl groups excluding tert-OH is 5. The van der Waals surface area contributed by atoms with Crippen LogP contribution < -0.4 is 5.32 Å². The van der Waals surface area contributed by atoms with E-state index < -0.39 is 67.4 Å². The van der Waals surface area contributed by atoms with Gasteiger partial charge >= 0.3 is 5.97 Å². The minimum atomic E-state index is -1.62. The second kappa shape index (κ2) is 52.1. The summed E-state index contributed by atoms with van der Waals surface area (Å²) in [5.41, 5.74) is 0.